The first-order valence-electron chi connectivity index (χ1n) is 13.1. The number of hydrogen-bond donors (Lipinski definition) is 1. The fourth-order valence-corrected chi connectivity index (χ4v) is 8.46. The molecule has 1 N–H and O–H groups in total. The van der Waals surface area contributed by atoms with Crippen molar-refractivity contribution in [2.45, 2.75) is 83.8 Å². The predicted octanol–water partition coefficient (Wildman–Crippen LogP) is 4.01. The zero-order valence-corrected chi connectivity index (χ0v) is 22.3. The summed E-state index contributed by atoms with van der Waals surface area (Å²) >= 11 is 0. The highest BCUT2D eigenvalue weighted by Crippen LogP contribution is 2.66. The topological polar surface area (TPSA) is 132 Å². The van der Waals surface area contributed by atoms with Gasteiger partial charge in [-0.05, 0) is 60.7 Å². The van der Waals surface area contributed by atoms with E-state index >= 15 is 0 Å². The van der Waals surface area contributed by atoms with Crippen LogP contribution in [0.4, 0.5) is 8.78 Å². The highest BCUT2D eigenvalue weighted by atomic mass is 32.2. The quantitative estimate of drug-likeness (QED) is 0.374. The Morgan fingerprint density at radius 3 is 2.46 bits per heavy atom. The van der Waals surface area contributed by atoms with Gasteiger partial charge in [0.25, 0.3) is 0 Å². The van der Waals surface area contributed by atoms with Gasteiger partial charge in [0.1, 0.15) is 17.3 Å². The van der Waals surface area contributed by atoms with Crippen molar-refractivity contribution in [3.05, 3.63) is 0 Å². The third-order valence-electron chi connectivity index (χ3n) is 10.5. The summed E-state index contributed by atoms with van der Waals surface area (Å²) in [5, 5.41) is -4.58. The Bertz CT molecular complexity index is 1100. The van der Waals surface area contributed by atoms with E-state index in [1.165, 1.54) is 0 Å². The van der Waals surface area contributed by atoms with E-state index < -0.39 is 33.4 Å². The Kier molecular flexibility index (Phi) is 7.23. The van der Waals surface area contributed by atoms with Crippen LogP contribution in [0.25, 0.3) is 0 Å². The molecule has 8 nitrogen and oxygen atoms in total. The van der Waals surface area contributed by atoms with Gasteiger partial charge in [-0.1, -0.05) is 20.8 Å². The molecule has 4 rings (SSSR count). The van der Waals surface area contributed by atoms with Gasteiger partial charge in [0.05, 0.1) is 0 Å². The van der Waals surface area contributed by atoms with Crippen molar-refractivity contribution in [2.24, 2.45) is 46.3 Å². The van der Waals surface area contributed by atoms with Crippen molar-refractivity contribution < 1.29 is 45.7 Å². The molecule has 0 heterocycles. The number of fused-ring (bicyclic) bond motifs is 5. The Morgan fingerprint density at radius 1 is 1.14 bits per heavy atom. The van der Waals surface area contributed by atoms with Crippen LogP contribution in [0, 0.1) is 46.3 Å². The molecule has 0 aromatic heterocycles. The maximum atomic E-state index is 13.8. The van der Waals surface area contributed by atoms with Gasteiger partial charge in [-0.25, -0.2) is 0 Å². The van der Waals surface area contributed by atoms with Crippen LogP contribution < -0.4 is 0 Å². The third kappa shape index (κ3) is 4.68. The second-order valence-corrected chi connectivity index (χ2v) is 13.8. The number of ketones is 3. The minimum absolute atomic E-state index is 0.00464. The van der Waals surface area contributed by atoms with Crippen LogP contribution in [-0.4, -0.2) is 48.2 Å². The van der Waals surface area contributed by atoms with E-state index in [9.17, 15) is 36.4 Å². The molecule has 208 valence electrons. The molecule has 0 aromatic carbocycles. The third-order valence-corrected chi connectivity index (χ3v) is 11.4. The van der Waals surface area contributed by atoms with E-state index in [4.69, 9.17) is 4.55 Å². The molecule has 0 spiro atoms. The molecule has 0 saturated heterocycles. The number of Topliss-reactive ketones (excluding diaryl/α,β-unsaturated/α-hetero) is 3. The van der Waals surface area contributed by atoms with E-state index in [2.05, 4.69) is 11.7 Å². The fourth-order valence-electron chi connectivity index (χ4n) is 8.25. The summed E-state index contributed by atoms with van der Waals surface area (Å²) in [7, 11) is -5.69. The van der Waals surface area contributed by atoms with Crippen molar-refractivity contribution in [1.82, 2.24) is 0 Å². The monoisotopic (exact) mass is 546 g/mol. The fraction of sp³-hybridized carbons (Fsp3) is 0.846. The zero-order chi connectivity index (χ0) is 27.6. The highest BCUT2D eigenvalue weighted by Gasteiger charge is 2.66. The van der Waals surface area contributed by atoms with Gasteiger partial charge in [0.2, 0.25) is 0 Å². The lowest BCUT2D eigenvalue weighted by Gasteiger charge is -2.58. The highest BCUT2D eigenvalue weighted by molar-refractivity contribution is 7.86. The summed E-state index contributed by atoms with van der Waals surface area (Å²) in [6.45, 7) is 4.21. The largest absolute Gasteiger partial charge is 0.458 e. The van der Waals surface area contributed by atoms with Crippen LogP contribution in [0.2, 0.25) is 0 Å². The van der Waals surface area contributed by atoms with Crippen LogP contribution >= 0.6 is 0 Å². The van der Waals surface area contributed by atoms with Crippen molar-refractivity contribution in [1.29, 1.82) is 0 Å². The Morgan fingerprint density at radius 2 is 1.81 bits per heavy atom. The average molecular weight is 547 g/mol. The van der Waals surface area contributed by atoms with Crippen LogP contribution in [0.5, 0.6) is 0 Å². The van der Waals surface area contributed by atoms with Gasteiger partial charge in [0.15, 0.2) is 6.61 Å². The van der Waals surface area contributed by atoms with Gasteiger partial charge in [-0.15, -0.1) is 0 Å². The van der Waals surface area contributed by atoms with Crippen molar-refractivity contribution in [3.63, 3.8) is 0 Å². The van der Waals surface area contributed by atoms with Crippen molar-refractivity contribution in [2.75, 3.05) is 6.61 Å². The van der Waals surface area contributed by atoms with Gasteiger partial charge in [0, 0.05) is 43.4 Å². The maximum absolute atomic E-state index is 13.8. The number of esters is 1. The number of halogens is 2. The van der Waals surface area contributed by atoms with E-state index in [0.717, 1.165) is 6.42 Å². The maximum Gasteiger partial charge on any atom is 0.402 e. The molecular weight excluding hydrogens is 510 g/mol. The van der Waals surface area contributed by atoms with Gasteiger partial charge >= 0.3 is 21.3 Å². The lowest BCUT2D eigenvalue weighted by Crippen LogP contribution is -2.60. The Labute approximate surface area is 216 Å². The van der Waals surface area contributed by atoms with Crippen LogP contribution in [0.1, 0.15) is 78.6 Å². The number of hydrogen-bond acceptors (Lipinski definition) is 7. The smallest absolute Gasteiger partial charge is 0.402 e. The van der Waals surface area contributed by atoms with Gasteiger partial charge in [-0.2, -0.15) is 17.2 Å². The molecule has 4 aliphatic rings. The lowest BCUT2D eigenvalue weighted by molar-refractivity contribution is -0.166. The minimum Gasteiger partial charge on any atom is -0.458 e. The number of alkyl halides is 2. The predicted molar refractivity (Wildman–Crippen MR) is 127 cm³/mol. The molecule has 0 aliphatic heterocycles. The molecule has 0 bridgehead atoms. The van der Waals surface area contributed by atoms with E-state index in [0.29, 0.717) is 38.5 Å². The molecule has 1 unspecified atom stereocenters. The van der Waals surface area contributed by atoms with Crippen LogP contribution in [0.3, 0.4) is 0 Å². The summed E-state index contributed by atoms with van der Waals surface area (Å²) in [6.07, 6.45) is 3.73. The minimum atomic E-state index is -5.69. The first-order valence-corrected chi connectivity index (χ1v) is 14.5. The summed E-state index contributed by atoms with van der Waals surface area (Å²) in [5.74, 6) is -1.17. The van der Waals surface area contributed by atoms with Gasteiger partial charge in [-0.3, -0.25) is 23.7 Å². The second kappa shape index (κ2) is 9.47. The first kappa shape index (κ1) is 28.3. The zero-order valence-electron chi connectivity index (χ0n) is 21.5. The van der Waals surface area contributed by atoms with Crippen LogP contribution in [-0.2, 0) is 34.0 Å². The molecule has 0 aromatic rings. The molecule has 11 heteroatoms. The van der Waals surface area contributed by atoms with Crippen molar-refractivity contribution in [3.8, 4) is 0 Å². The number of rotatable bonds is 7. The van der Waals surface area contributed by atoms with E-state index in [-0.39, 0.29) is 71.1 Å². The lowest BCUT2D eigenvalue weighted by atomic mass is 9.44. The number of carbonyl (C=O) groups excluding carboxylic acids is 4. The molecule has 4 fully saturated rings. The Hall–Kier alpha value is -1.75. The summed E-state index contributed by atoms with van der Waals surface area (Å²) in [4.78, 5) is 51.3. The standard InChI is InChI=1S/C26H36F2O8S/c1-14(4-7-22(32)36-13-26(27,28)37(33,34)35)17-5-6-18-23-19(12-21(31)25(17,18)3)24(2)9-8-16(29)10-15(24)11-20(23)30/h14-15,17-19,23H,4-13H2,1-3H3,(H,33,34,35)/t14-,15?,17-,18+,19+,23+,24+,25-/m1/s1. The molecule has 4 aliphatic carbocycles. The van der Waals surface area contributed by atoms with E-state index in [1.807, 2.05) is 13.8 Å². The number of carbonyl (C=O) groups is 4. The first-order chi connectivity index (χ1) is 17.0. The summed E-state index contributed by atoms with van der Waals surface area (Å²) in [5.41, 5.74) is -0.938. The summed E-state index contributed by atoms with van der Waals surface area (Å²) in [6, 6.07) is 0. The molecule has 8 atom stereocenters. The molecule has 0 radical (unpaired) electrons. The Balaban J connectivity index is 1.44. The SMILES string of the molecule is C[C@H](CCC(=O)OCC(F)(F)S(=O)(=O)O)[C@H]1CC[C@H]2[C@@H]3C(=O)CC4CC(=O)CC[C@]4(C)[C@H]3CC(=O)[C@]12C. The second-order valence-electron chi connectivity index (χ2n) is 12.2. The summed E-state index contributed by atoms with van der Waals surface area (Å²) < 4.78 is 61.0. The van der Waals surface area contributed by atoms with Gasteiger partial charge < -0.3 is 4.74 Å². The molecule has 37 heavy (non-hydrogen) atoms. The molecule has 4 saturated carbocycles. The van der Waals surface area contributed by atoms with E-state index in [1.54, 1.807) is 0 Å². The normalized spacial score (nSPS) is 39.0. The average Bonchev–Trinajstić information content (AvgIpc) is 3.16. The number of ether oxygens (including phenoxy) is 1. The van der Waals surface area contributed by atoms with Crippen molar-refractivity contribution >= 4 is 33.4 Å². The molecule has 0 amide bonds. The van der Waals surface area contributed by atoms with Crippen LogP contribution in [0.15, 0.2) is 0 Å². The molecular formula is C26H36F2O8S.